The summed E-state index contributed by atoms with van der Waals surface area (Å²) in [5, 5.41) is 8.81. The number of halogens is 3. The molecule has 0 atom stereocenters. The molecule has 1 fully saturated rings. The smallest absolute Gasteiger partial charge is 0.398 e. The molecule has 1 saturated heterocycles. The maximum absolute atomic E-state index is 12.3. The van der Waals surface area contributed by atoms with Gasteiger partial charge >= 0.3 is 6.18 Å². The zero-order chi connectivity index (χ0) is 14.8. The number of anilines is 2. The number of rotatable bonds is 2. The van der Waals surface area contributed by atoms with Crippen LogP contribution in [0, 0.1) is 11.3 Å². The minimum absolute atomic E-state index is 0.361. The Morgan fingerprint density at radius 1 is 1.20 bits per heavy atom. The van der Waals surface area contributed by atoms with Gasteiger partial charge < -0.3 is 10.6 Å². The first-order valence-electron chi connectivity index (χ1n) is 6.23. The molecule has 0 spiro atoms. The second kappa shape index (κ2) is 5.59. The summed E-state index contributed by atoms with van der Waals surface area (Å²) in [7, 11) is 0. The molecule has 1 aromatic rings. The third kappa shape index (κ3) is 3.54. The van der Waals surface area contributed by atoms with Crippen LogP contribution in [-0.4, -0.2) is 43.8 Å². The van der Waals surface area contributed by atoms with E-state index in [1.54, 1.807) is 18.2 Å². The van der Waals surface area contributed by atoms with Crippen molar-refractivity contribution in [2.45, 2.75) is 6.18 Å². The van der Waals surface area contributed by atoms with Crippen LogP contribution in [0.15, 0.2) is 18.2 Å². The number of benzene rings is 1. The van der Waals surface area contributed by atoms with Crippen LogP contribution in [0.25, 0.3) is 0 Å². The fraction of sp³-hybridized carbons (Fsp3) is 0.462. The number of nitrogens with zero attached hydrogens (tertiary/aromatic N) is 3. The van der Waals surface area contributed by atoms with Crippen LogP contribution < -0.4 is 10.6 Å². The van der Waals surface area contributed by atoms with Gasteiger partial charge in [0.1, 0.15) is 6.07 Å². The minimum atomic E-state index is -4.15. The molecular formula is C13H15F3N4. The molecule has 0 saturated carbocycles. The van der Waals surface area contributed by atoms with E-state index in [9.17, 15) is 13.2 Å². The summed E-state index contributed by atoms with van der Waals surface area (Å²) in [4.78, 5) is 3.37. The first-order valence-corrected chi connectivity index (χ1v) is 6.23. The Hall–Kier alpha value is -1.94. The molecule has 108 valence electrons. The predicted octanol–water partition coefficient (Wildman–Crippen LogP) is 1.82. The summed E-state index contributed by atoms with van der Waals surface area (Å²) < 4.78 is 36.9. The SMILES string of the molecule is N#Cc1ccc(N2CCN(CC(F)(F)F)CC2)cc1N. The number of nitrogen functional groups attached to an aromatic ring is 1. The van der Waals surface area contributed by atoms with Gasteiger partial charge in [-0.15, -0.1) is 0 Å². The maximum atomic E-state index is 12.3. The highest BCUT2D eigenvalue weighted by Crippen LogP contribution is 2.23. The standard InChI is InChI=1S/C13H15F3N4/c14-13(15,16)9-19-3-5-20(6-4-19)11-2-1-10(8-17)12(18)7-11/h1-2,7H,3-6,9,18H2. The van der Waals surface area contributed by atoms with E-state index >= 15 is 0 Å². The molecule has 2 rings (SSSR count). The Labute approximate surface area is 115 Å². The quantitative estimate of drug-likeness (QED) is 0.842. The topological polar surface area (TPSA) is 56.3 Å². The Kier molecular flexibility index (Phi) is 4.04. The molecule has 0 aliphatic carbocycles. The van der Waals surface area contributed by atoms with Crippen LogP contribution in [0.1, 0.15) is 5.56 Å². The molecule has 1 heterocycles. The largest absolute Gasteiger partial charge is 0.401 e. The van der Waals surface area contributed by atoms with E-state index in [4.69, 9.17) is 11.0 Å². The summed E-state index contributed by atoms with van der Waals surface area (Å²) in [6, 6.07) is 7.08. The second-order valence-electron chi connectivity index (χ2n) is 4.76. The van der Waals surface area contributed by atoms with Crippen molar-refractivity contribution in [2.75, 3.05) is 43.4 Å². The van der Waals surface area contributed by atoms with Gasteiger partial charge in [-0.2, -0.15) is 18.4 Å². The van der Waals surface area contributed by atoms with E-state index in [0.29, 0.717) is 37.4 Å². The molecule has 0 bridgehead atoms. The average molecular weight is 284 g/mol. The summed E-state index contributed by atoms with van der Waals surface area (Å²) in [6.07, 6.45) is -4.15. The van der Waals surface area contributed by atoms with Crippen LogP contribution in [0.3, 0.4) is 0 Å². The lowest BCUT2D eigenvalue weighted by molar-refractivity contribution is -0.146. The highest BCUT2D eigenvalue weighted by molar-refractivity contribution is 5.63. The second-order valence-corrected chi connectivity index (χ2v) is 4.76. The van der Waals surface area contributed by atoms with E-state index < -0.39 is 12.7 Å². The van der Waals surface area contributed by atoms with Crippen LogP contribution >= 0.6 is 0 Å². The van der Waals surface area contributed by atoms with Crippen molar-refractivity contribution in [1.82, 2.24) is 4.90 Å². The van der Waals surface area contributed by atoms with Crippen molar-refractivity contribution in [3.63, 3.8) is 0 Å². The highest BCUT2D eigenvalue weighted by atomic mass is 19.4. The van der Waals surface area contributed by atoms with Crippen molar-refractivity contribution in [1.29, 1.82) is 5.26 Å². The average Bonchev–Trinajstić information content (AvgIpc) is 2.37. The van der Waals surface area contributed by atoms with Crippen molar-refractivity contribution in [3.8, 4) is 6.07 Å². The molecule has 4 nitrogen and oxygen atoms in total. The molecule has 0 amide bonds. The first-order chi connectivity index (χ1) is 9.39. The van der Waals surface area contributed by atoms with E-state index in [2.05, 4.69) is 0 Å². The number of hydrogen-bond donors (Lipinski definition) is 1. The van der Waals surface area contributed by atoms with Crippen molar-refractivity contribution in [2.24, 2.45) is 0 Å². The molecule has 1 aliphatic heterocycles. The van der Waals surface area contributed by atoms with Crippen LogP contribution in [-0.2, 0) is 0 Å². The lowest BCUT2D eigenvalue weighted by atomic mass is 10.1. The van der Waals surface area contributed by atoms with Crippen LogP contribution in [0.4, 0.5) is 24.5 Å². The maximum Gasteiger partial charge on any atom is 0.401 e. The zero-order valence-corrected chi connectivity index (χ0v) is 10.8. The van der Waals surface area contributed by atoms with Gasteiger partial charge in [-0.05, 0) is 18.2 Å². The van der Waals surface area contributed by atoms with E-state index in [-0.39, 0.29) is 0 Å². The van der Waals surface area contributed by atoms with Crippen LogP contribution in [0.2, 0.25) is 0 Å². The normalized spacial score (nSPS) is 17.0. The molecular weight excluding hydrogens is 269 g/mol. The van der Waals surface area contributed by atoms with Crippen LogP contribution in [0.5, 0.6) is 0 Å². The number of nitriles is 1. The zero-order valence-electron chi connectivity index (χ0n) is 10.8. The van der Waals surface area contributed by atoms with Gasteiger partial charge in [-0.1, -0.05) is 0 Å². The van der Waals surface area contributed by atoms with Crippen molar-refractivity contribution >= 4 is 11.4 Å². The molecule has 1 aliphatic rings. The van der Waals surface area contributed by atoms with Gasteiger partial charge in [-0.25, -0.2) is 0 Å². The van der Waals surface area contributed by atoms with Crippen molar-refractivity contribution < 1.29 is 13.2 Å². The molecule has 0 radical (unpaired) electrons. The summed E-state index contributed by atoms with van der Waals surface area (Å²) >= 11 is 0. The van der Waals surface area contributed by atoms with Gasteiger partial charge in [0.25, 0.3) is 0 Å². The molecule has 2 N–H and O–H groups in total. The van der Waals surface area contributed by atoms with E-state index in [1.807, 2.05) is 11.0 Å². The third-order valence-electron chi connectivity index (χ3n) is 3.30. The number of hydrogen-bond acceptors (Lipinski definition) is 4. The van der Waals surface area contributed by atoms with E-state index in [0.717, 1.165) is 5.69 Å². The molecule has 0 unspecified atom stereocenters. The fourth-order valence-electron chi connectivity index (χ4n) is 2.27. The molecule has 0 aromatic heterocycles. The van der Waals surface area contributed by atoms with Gasteiger partial charge in [0.2, 0.25) is 0 Å². The Bertz CT molecular complexity index is 513. The van der Waals surface area contributed by atoms with Gasteiger partial charge in [0.15, 0.2) is 0 Å². The Morgan fingerprint density at radius 3 is 2.35 bits per heavy atom. The minimum Gasteiger partial charge on any atom is -0.398 e. The Balaban J connectivity index is 1.97. The highest BCUT2D eigenvalue weighted by Gasteiger charge is 2.32. The van der Waals surface area contributed by atoms with Crippen molar-refractivity contribution in [3.05, 3.63) is 23.8 Å². The fourth-order valence-corrected chi connectivity index (χ4v) is 2.27. The summed E-state index contributed by atoms with van der Waals surface area (Å²) in [5.41, 5.74) is 7.38. The number of alkyl halides is 3. The number of piperazine rings is 1. The Morgan fingerprint density at radius 2 is 1.85 bits per heavy atom. The lowest BCUT2D eigenvalue weighted by Gasteiger charge is -2.36. The molecule has 7 heteroatoms. The van der Waals surface area contributed by atoms with Gasteiger partial charge in [-0.3, -0.25) is 4.90 Å². The van der Waals surface area contributed by atoms with E-state index in [1.165, 1.54) is 4.90 Å². The summed E-state index contributed by atoms with van der Waals surface area (Å²) in [6.45, 7) is 0.887. The van der Waals surface area contributed by atoms with Gasteiger partial charge in [0, 0.05) is 31.9 Å². The molecule has 1 aromatic carbocycles. The molecule has 20 heavy (non-hydrogen) atoms. The first kappa shape index (κ1) is 14.5. The lowest BCUT2D eigenvalue weighted by Crippen LogP contribution is -2.49. The third-order valence-corrected chi connectivity index (χ3v) is 3.30. The predicted molar refractivity (Wildman–Crippen MR) is 70.3 cm³/mol. The summed E-state index contributed by atoms with van der Waals surface area (Å²) in [5.74, 6) is 0. The monoisotopic (exact) mass is 284 g/mol. The van der Waals surface area contributed by atoms with Gasteiger partial charge in [0.05, 0.1) is 17.8 Å². The number of nitrogens with two attached hydrogens (primary N) is 1.